The average molecular weight is 207 g/mol. The predicted molar refractivity (Wildman–Crippen MR) is 54.5 cm³/mol. The van der Waals surface area contributed by atoms with E-state index in [-0.39, 0.29) is 12.6 Å². The van der Waals surface area contributed by atoms with E-state index in [1.54, 1.807) is 18.2 Å². The third-order valence-electron chi connectivity index (χ3n) is 1.80. The van der Waals surface area contributed by atoms with Gasteiger partial charge in [0.2, 0.25) is 0 Å². The second-order valence-corrected chi connectivity index (χ2v) is 2.99. The molecule has 2 aromatic rings. The summed E-state index contributed by atoms with van der Waals surface area (Å²) in [4.78, 5) is 14.3. The van der Waals surface area contributed by atoms with Gasteiger partial charge in [0.15, 0.2) is 5.58 Å². The van der Waals surface area contributed by atoms with Gasteiger partial charge in [-0.2, -0.15) is 4.98 Å². The first-order chi connectivity index (χ1) is 7.15. The molecule has 78 valence electrons. The van der Waals surface area contributed by atoms with Gasteiger partial charge >= 0.3 is 5.97 Å². The number of benzene rings is 1. The number of aliphatic carboxylic acids is 1. The number of carboxylic acid groups (broad SMARTS) is 1. The lowest BCUT2D eigenvalue weighted by atomic mass is 10.3. The molecule has 6 heteroatoms. The zero-order valence-corrected chi connectivity index (χ0v) is 7.73. The van der Waals surface area contributed by atoms with Crippen LogP contribution in [0.4, 0.5) is 11.7 Å². The first kappa shape index (κ1) is 9.32. The van der Waals surface area contributed by atoms with Gasteiger partial charge in [-0.3, -0.25) is 4.79 Å². The molecule has 0 bridgehead atoms. The lowest BCUT2D eigenvalue weighted by Crippen LogP contribution is -2.12. The normalized spacial score (nSPS) is 10.4. The van der Waals surface area contributed by atoms with Crippen molar-refractivity contribution in [2.75, 3.05) is 17.6 Å². The number of nitrogens with two attached hydrogens (primary N) is 1. The van der Waals surface area contributed by atoms with Gasteiger partial charge in [-0.25, -0.2) is 0 Å². The number of nitrogen functional groups attached to an aromatic ring is 1. The maximum Gasteiger partial charge on any atom is 0.323 e. The number of hydrogen-bond acceptors (Lipinski definition) is 5. The number of nitrogens with zero attached hydrogens (tertiary/aromatic N) is 1. The third kappa shape index (κ3) is 1.98. The summed E-state index contributed by atoms with van der Waals surface area (Å²) in [5, 5.41) is 11.0. The molecule has 0 saturated heterocycles. The topological polar surface area (TPSA) is 101 Å². The van der Waals surface area contributed by atoms with Crippen molar-refractivity contribution >= 4 is 28.8 Å². The molecule has 1 heterocycles. The summed E-state index contributed by atoms with van der Waals surface area (Å²) in [5.74, 6) is -0.975. The smallest absolute Gasteiger partial charge is 0.323 e. The molecule has 0 unspecified atom stereocenters. The largest absolute Gasteiger partial charge is 0.480 e. The molecule has 0 aliphatic rings. The Morgan fingerprint density at radius 2 is 2.40 bits per heavy atom. The van der Waals surface area contributed by atoms with Crippen LogP contribution in [-0.2, 0) is 4.79 Å². The molecule has 0 atom stereocenters. The van der Waals surface area contributed by atoms with E-state index < -0.39 is 5.97 Å². The molecule has 0 saturated carbocycles. The van der Waals surface area contributed by atoms with E-state index in [9.17, 15) is 4.79 Å². The van der Waals surface area contributed by atoms with Crippen molar-refractivity contribution in [2.45, 2.75) is 0 Å². The highest BCUT2D eigenvalue weighted by molar-refractivity contribution is 5.79. The highest BCUT2D eigenvalue weighted by Crippen LogP contribution is 2.20. The van der Waals surface area contributed by atoms with E-state index in [0.717, 1.165) is 0 Å². The summed E-state index contributed by atoms with van der Waals surface area (Å²) in [5.41, 5.74) is 7.31. The number of hydrogen-bond donors (Lipinski definition) is 3. The number of carbonyl (C=O) groups is 1. The SMILES string of the molecule is Nc1ccc2oc(NCC(=O)O)nc2c1. The molecule has 2 rings (SSSR count). The number of fused-ring (bicyclic) bond motifs is 1. The van der Waals surface area contributed by atoms with Crippen LogP contribution in [-0.4, -0.2) is 22.6 Å². The maximum absolute atomic E-state index is 10.3. The molecule has 15 heavy (non-hydrogen) atoms. The highest BCUT2D eigenvalue weighted by Gasteiger charge is 2.06. The van der Waals surface area contributed by atoms with E-state index in [0.29, 0.717) is 16.8 Å². The molecular weight excluding hydrogens is 198 g/mol. The molecule has 0 fully saturated rings. The Morgan fingerprint density at radius 1 is 1.60 bits per heavy atom. The molecule has 1 aromatic carbocycles. The van der Waals surface area contributed by atoms with E-state index in [1.165, 1.54) is 0 Å². The van der Waals surface area contributed by atoms with E-state index >= 15 is 0 Å². The molecule has 0 spiro atoms. The molecule has 0 aliphatic heterocycles. The summed E-state index contributed by atoms with van der Waals surface area (Å²) in [6, 6.07) is 5.21. The Morgan fingerprint density at radius 3 is 3.13 bits per heavy atom. The Bertz CT molecular complexity index is 506. The van der Waals surface area contributed by atoms with Crippen molar-refractivity contribution < 1.29 is 14.3 Å². The molecule has 0 radical (unpaired) electrons. The Balaban J connectivity index is 2.27. The fraction of sp³-hybridized carbons (Fsp3) is 0.111. The second-order valence-electron chi connectivity index (χ2n) is 2.99. The van der Waals surface area contributed by atoms with Crippen molar-refractivity contribution in [1.29, 1.82) is 0 Å². The van der Waals surface area contributed by atoms with Crippen molar-refractivity contribution in [1.82, 2.24) is 4.98 Å². The summed E-state index contributed by atoms with van der Waals surface area (Å²) in [6.07, 6.45) is 0. The number of carboxylic acids is 1. The van der Waals surface area contributed by atoms with Crippen LogP contribution in [0.15, 0.2) is 22.6 Å². The fourth-order valence-electron chi connectivity index (χ4n) is 1.17. The van der Waals surface area contributed by atoms with E-state index in [4.69, 9.17) is 15.3 Å². The minimum absolute atomic E-state index is 0.179. The fourth-order valence-corrected chi connectivity index (χ4v) is 1.17. The minimum Gasteiger partial charge on any atom is -0.480 e. The summed E-state index contributed by atoms with van der Waals surface area (Å²) in [7, 11) is 0. The Labute approximate surface area is 84.7 Å². The molecule has 1 aromatic heterocycles. The Hall–Kier alpha value is -2.24. The molecule has 6 nitrogen and oxygen atoms in total. The first-order valence-corrected chi connectivity index (χ1v) is 4.27. The van der Waals surface area contributed by atoms with Gasteiger partial charge in [-0.1, -0.05) is 0 Å². The monoisotopic (exact) mass is 207 g/mol. The van der Waals surface area contributed by atoms with Gasteiger partial charge in [0.05, 0.1) is 0 Å². The Kier molecular flexibility index (Phi) is 2.17. The quantitative estimate of drug-likeness (QED) is 0.646. The number of rotatable bonds is 3. The van der Waals surface area contributed by atoms with Crippen LogP contribution in [0.25, 0.3) is 11.1 Å². The van der Waals surface area contributed by atoms with Crippen LogP contribution in [0.1, 0.15) is 0 Å². The molecule has 0 amide bonds. The average Bonchev–Trinajstić information content (AvgIpc) is 2.56. The lowest BCUT2D eigenvalue weighted by Gasteiger charge is -1.93. The van der Waals surface area contributed by atoms with Crippen molar-refractivity contribution in [3.8, 4) is 0 Å². The van der Waals surface area contributed by atoms with E-state index in [1.807, 2.05) is 0 Å². The predicted octanol–water partition coefficient (Wildman–Crippen LogP) is 0.906. The summed E-state index contributed by atoms with van der Waals surface area (Å²) in [6.45, 7) is -0.234. The second kappa shape index (κ2) is 3.49. The third-order valence-corrected chi connectivity index (χ3v) is 1.80. The number of nitrogens with one attached hydrogen (secondary N) is 1. The van der Waals surface area contributed by atoms with E-state index in [2.05, 4.69) is 10.3 Å². The lowest BCUT2D eigenvalue weighted by molar-refractivity contribution is -0.134. The summed E-state index contributed by atoms with van der Waals surface area (Å²) >= 11 is 0. The van der Waals surface area contributed by atoms with Crippen molar-refractivity contribution in [3.05, 3.63) is 18.2 Å². The summed E-state index contributed by atoms with van der Waals surface area (Å²) < 4.78 is 5.23. The van der Waals surface area contributed by atoms with Gasteiger partial charge in [0, 0.05) is 5.69 Å². The highest BCUT2D eigenvalue weighted by atomic mass is 16.4. The van der Waals surface area contributed by atoms with Gasteiger partial charge in [-0.15, -0.1) is 0 Å². The molecule has 0 aliphatic carbocycles. The van der Waals surface area contributed by atoms with Crippen LogP contribution in [0.3, 0.4) is 0 Å². The number of anilines is 2. The number of aromatic nitrogens is 1. The number of oxazole rings is 1. The first-order valence-electron chi connectivity index (χ1n) is 4.27. The van der Waals surface area contributed by atoms with Crippen LogP contribution in [0, 0.1) is 0 Å². The minimum atomic E-state index is -0.975. The van der Waals surface area contributed by atoms with Crippen molar-refractivity contribution in [3.63, 3.8) is 0 Å². The molecule has 4 N–H and O–H groups in total. The van der Waals surface area contributed by atoms with Crippen LogP contribution >= 0.6 is 0 Å². The van der Waals surface area contributed by atoms with Crippen LogP contribution < -0.4 is 11.1 Å². The van der Waals surface area contributed by atoms with Crippen molar-refractivity contribution in [2.24, 2.45) is 0 Å². The van der Waals surface area contributed by atoms with Gasteiger partial charge < -0.3 is 20.6 Å². The van der Waals surface area contributed by atoms with Gasteiger partial charge in [-0.05, 0) is 18.2 Å². The molecular formula is C9H9N3O3. The maximum atomic E-state index is 10.3. The zero-order chi connectivity index (χ0) is 10.8. The van der Waals surface area contributed by atoms with Gasteiger partial charge in [0.1, 0.15) is 12.1 Å². The van der Waals surface area contributed by atoms with Crippen LogP contribution in [0.5, 0.6) is 0 Å². The zero-order valence-electron chi connectivity index (χ0n) is 7.73. The standard InChI is InChI=1S/C9H9N3O3/c10-5-1-2-7-6(3-5)12-9(15-7)11-4-8(13)14/h1-3H,4,10H2,(H,11,12)(H,13,14). The van der Waals surface area contributed by atoms with Gasteiger partial charge in [0.25, 0.3) is 6.01 Å². The van der Waals surface area contributed by atoms with Crippen LogP contribution in [0.2, 0.25) is 0 Å².